The molecule has 1 aliphatic carbocycles. The number of urea groups is 1. The minimum Gasteiger partial charge on any atom is -0.326 e. The summed E-state index contributed by atoms with van der Waals surface area (Å²) in [6, 6.07) is 5.72. The zero-order chi connectivity index (χ0) is 17.9. The van der Waals surface area contributed by atoms with Crippen molar-refractivity contribution in [1.29, 1.82) is 0 Å². The molecule has 1 aromatic carbocycles. The molecule has 0 unspecified atom stereocenters. The Morgan fingerprint density at radius 2 is 1.75 bits per heavy atom. The van der Waals surface area contributed by atoms with Crippen molar-refractivity contribution in [3.63, 3.8) is 0 Å². The molecule has 24 heavy (non-hydrogen) atoms. The molecule has 2 rings (SSSR count). The molecule has 1 fully saturated rings. The van der Waals surface area contributed by atoms with Gasteiger partial charge in [0.2, 0.25) is 5.91 Å². The van der Waals surface area contributed by atoms with Gasteiger partial charge in [-0.15, -0.1) is 0 Å². The number of hydrogen-bond donors (Lipinski definition) is 2. The summed E-state index contributed by atoms with van der Waals surface area (Å²) in [5.41, 5.74) is 2.38. The van der Waals surface area contributed by atoms with E-state index in [1.165, 1.54) is 26.2 Å². The van der Waals surface area contributed by atoms with Crippen LogP contribution < -0.4 is 10.6 Å². The Morgan fingerprint density at radius 3 is 2.33 bits per heavy atom. The Labute approximate surface area is 144 Å². The third kappa shape index (κ3) is 4.28. The maximum Gasteiger partial charge on any atom is 0.321 e. The van der Waals surface area contributed by atoms with Crippen LogP contribution in [0.3, 0.4) is 0 Å². The van der Waals surface area contributed by atoms with E-state index in [4.69, 9.17) is 0 Å². The first-order valence-corrected chi connectivity index (χ1v) is 8.71. The fourth-order valence-electron chi connectivity index (χ4n) is 3.80. The van der Waals surface area contributed by atoms with Gasteiger partial charge in [0.15, 0.2) is 0 Å². The molecule has 5 nitrogen and oxygen atoms in total. The highest BCUT2D eigenvalue weighted by Crippen LogP contribution is 2.32. The highest BCUT2D eigenvalue weighted by molar-refractivity contribution is 5.93. The standard InChI is InChI=1S/C19H29N3O2/c1-12-9-10-16(11-17(12)20-15(4)23)21-19(24)22(5)18-13(2)7-6-8-14(18)3/h9-11,13-14,18H,6-8H2,1-5H3,(H,20,23)(H,21,24)/t13-,14-/m0/s1. The number of aryl methyl sites for hydroxylation is 1. The van der Waals surface area contributed by atoms with Crippen molar-refractivity contribution >= 4 is 23.3 Å². The van der Waals surface area contributed by atoms with Crippen molar-refractivity contribution in [3.8, 4) is 0 Å². The number of nitrogens with one attached hydrogen (secondary N) is 2. The number of hydrogen-bond acceptors (Lipinski definition) is 2. The van der Waals surface area contributed by atoms with E-state index in [1.54, 1.807) is 6.07 Å². The SMILES string of the molecule is CC(=O)Nc1cc(NC(=O)N(C)C2[C@@H](C)CCC[C@@H]2C)ccc1C. The number of benzene rings is 1. The summed E-state index contributed by atoms with van der Waals surface area (Å²) in [4.78, 5) is 25.8. The predicted octanol–water partition coefficient (Wildman–Crippen LogP) is 4.24. The van der Waals surface area contributed by atoms with Crippen molar-refractivity contribution in [2.24, 2.45) is 11.8 Å². The monoisotopic (exact) mass is 331 g/mol. The van der Waals surface area contributed by atoms with Gasteiger partial charge >= 0.3 is 6.03 Å². The lowest BCUT2D eigenvalue weighted by molar-refractivity contribution is -0.114. The molecule has 1 aromatic rings. The minimum atomic E-state index is -0.122. The van der Waals surface area contributed by atoms with Gasteiger partial charge in [-0.2, -0.15) is 0 Å². The van der Waals surface area contributed by atoms with Crippen molar-refractivity contribution < 1.29 is 9.59 Å². The zero-order valence-electron chi connectivity index (χ0n) is 15.3. The summed E-state index contributed by atoms with van der Waals surface area (Å²) < 4.78 is 0. The fourth-order valence-corrected chi connectivity index (χ4v) is 3.80. The minimum absolute atomic E-state index is 0.0989. The lowest BCUT2D eigenvalue weighted by Crippen LogP contribution is -2.48. The van der Waals surface area contributed by atoms with Crippen molar-refractivity contribution in [2.45, 2.75) is 53.0 Å². The molecule has 0 spiro atoms. The van der Waals surface area contributed by atoms with Crippen LogP contribution in [-0.2, 0) is 4.79 Å². The van der Waals surface area contributed by atoms with E-state index in [1.807, 2.05) is 31.0 Å². The topological polar surface area (TPSA) is 61.4 Å². The van der Waals surface area contributed by atoms with Crippen LogP contribution in [0.5, 0.6) is 0 Å². The van der Waals surface area contributed by atoms with E-state index in [9.17, 15) is 9.59 Å². The Hall–Kier alpha value is -2.04. The Morgan fingerprint density at radius 1 is 1.12 bits per heavy atom. The highest BCUT2D eigenvalue weighted by Gasteiger charge is 2.33. The van der Waals surface area contributed by atoms with Gasteiger partial charge < -0.3 is 15.5 Å². The van der Waals surface area contributed by atoms with E-state index < -0.39 is 0 Å². The molecule has 0 aliphatic heterocycles. The maximum atomic E-state index is 12.6. The summed E-state index contributed by atoms with van der Waals surface area (Å²) in [6.07, 6.45) is 3.58. The molecule has 1 aliphatic rings. The second-order valence-electron chi connectivity index (χ2n) is 7.13. The van der Waals surface area contributed by atoms with Crippen LogP contribution in [0.15, 0.2) is 18.2 Å². The molecule has 0 saturated heterocycles. The number of amides is 3. The Bertz CT molecular complexity index is 605. The first kappa shape index (κ1) is 18.3. The first-order valence-electron chi connectivity index (χ1n) is 8.71. The molecule has 1 saturated carbocycles. The molecule has 0 radical (unpaired) electrons. The molecule has 132 valence electrons. The van der Waals surface area contributed by atoms with Crippen LogP contribution >= 0.6 is 0 Å². The van der Waals surface area contributed by atoms with Crippen molar-refractivity contribution in [2.75, 3.05) is 17.7 Å². The van der Waals surface area contributed by atoms with E-state index in [0.717, 1.165) is 11.3 Å². The molecule has 5 heteroatoms. The van der Waals surface area contributed by atoms with Crippen molar-refractivity contribution in [3.05, 3.63) is 23.8 Å². The van der Waals surface area contributed by atoms with E-state index >= 15 is 0 Å². The summed E-state index contributed by atoms with van der Waals surface area (Å²) in [5.74, 6) is 0.901. The largest absolute Gasteiger partial charge is 0.326 e. The van der Waals surface area contributed by atoms with Gasteiger partial charge in [-0.1, -0.05) is 26.3 Å². The average molecular weight is 331 g/mol. The number of nitrogens with zero attached hydrogens (tertiary/aromatic N) is 1. The Balaban J connectivity index is 2.09. The fraction of sp³-hybridized carbons (Fsp3) is 0.579. The van der Waals surface area contributed by atoms with Gasteiger partial charge in [0, 0.05) is 31.4 Å². The van der Waals surface area contributed by atoms with Gasteiger partial charge in [-0.05, 0) is 49.3 Å². The van der Waals surface area contributed by atoms with Gasteiger partial charge in [-0.25, -0.2) is 4.79 Å². The molecule has 2 N–H and O–H groups in total. The van der Waals surface area contributed by atoms with E-state index in [-0.39, 0.29) is 18.0 Å². The number of carbonyl (C=O) groups is 2. The van der Waals surface area contributed by atoms with Gasteiger partial charge in [0.05, 0.1) is 0 Å². The normalized spacial score (nSPS) is 21.2. The van der Waals surface area contributed by atoms with Crippen LogP contribution in [0.2, 0.25) is 0 Å². The summed E-state index contributed by atoms with van der Waals surface area (Å²) >= 11 is 0. The second-order valence-corrected chi connectivity index (χ2v) is 7.13. The van der Waals surface area contributed by atoms with E-state index in [2.05, 4.69) is 24.5 Å². The Kier molecular flexibility index (Phi) is 5.86. The first-order chi connectivity index (χ1) is 11.3. The van der Waals surface area contributed by atoms with Gasteiger partial charge in [0.1, 0.15) is 0 Å². The summed E-state index contributed by atoms with van der Waals surface area (Å²) in [7, 11) is 1.88. The molecular weight excluding hydrogens is 302 g/mol. The molecule has 0 bridgehead atoms. The number of anilines is 2. The van der Waals surface area contributed by atoms with Crippen LogP contribution in [0.4, 0.5) is 16.2 Å². The summed E-state index contributed by atoms with van der Waals surface area (Å²) in [5, 5.41) is 5.75. The lowest BCUT2D eigenvalue weighted by atomic mass is 9.78. The quantitative estimate of drug-likeness (QED) is 0.870. The predicted molar refractivity (Wildman–Crippen MR) is 98.2 cm³/mol. The van der Waals surface area contributed by atoms with E-state index in [0.29, 0.717) is 17.5 Å². The van der Waals surface area contributed by atoms with Crippen molar-refractivity contribution in [1.82, 2.24) is 4.90 Å². The van der Waals surface area contributed by atoms with Gasteiger partial charge in [-0.3, -0.25) is 4.79 Å². The number of rotatable bonds is 3. The molecule has 0 aromatic heterocycles. The molecule has 0 heterocycles. The molecule has 2 atom stereocenters. The van der Waals surface area contributed by atoms with Crippen LogP contribution in [0.1, 0.15) is 45.6 Å². The lowest BCUT2D eigenvalue weighted by Gasteiger charge is -2.40. The third-order valence-electron chi connectivity index (χ3n) is 5.05. The average Bonchev–Trinajstić information content (AvgIpc) is 2.49. The third-order valence-corrected chi connectivity index (χ3v) is 5.05. The highest BCUT2D eigenvalue weighted by atomic mass is 16.2. The second kappa shape index (κ2) is 7.69. The zero-order valence-corrected chi connectivity index (χ0v) is 15.3. The van der Waals surface area contributed by atoms with Crippen LogP contribution in [0.25, 0.3) is 0 Å². The molecular formula is C19H29N3O2. The molecule has 3 amide bonds. The smallest absolute Gasteiger partial charge is 0.321 e. The number of carbonyl (C=O) groups excluding carboxylic acids is 2. The van der Waals surface area contributed by atoms with Crippen LogP contribution in [-0.4, -0.2) is 29.9 Å². The maximum absolute atomic E-state index is 12.6. The summed E-state index contributed by atoms with van der Waals surface area (Å²) in [6.45, 7) is 7.86. The van der Waals surface area contributed by atoms with Gasteiger partial charge in [0.25, 0.3) is 0 Å². The van der Waals surface area contributed by atoms with Crippen LogP contribution in [0, 0.1) is 18.8 Å².